The van der Waals surface area contributed by atoms with Gasteiger partial charge in [-0.05, 0) is 17.7 Å². The number of pyridine rings is 1. The molecule has 0 aromatic carbocycles. The molecule has 1 nitrogen and oxygen atoms in total. The smallest absolute Gasteiger partial charge is 0.255 e. The Kier molecular flexibility index (Phi) is 2.76. The average molecular weight is 190 g/mol. The van der Waals surface area contributed by atoms with E-state index in [1.54, 1.807) is 0 Å². The lowest BCUT2D eigenvalue weighted by Gasteiger charge is -2.00. The first-order valence-electron chi connectivity index (χ1n) is 3.20. The van der Waals surface area contributed by atoms with Crippen molar-refractivity contribution in [1.82, 2.24) is 4.98 Å². The highest BCUT2D eigenvalue weighted by molar-refractivity contribution is 6.48. The fourth-order valence-corrected chi connectivity index (χ4v) is 0.854. The van der Waals surface area contributed by atoms with E-state index >= 15 is 0 Å². The minimum atomic E-state index is -2.57. The Balaban J connectivity index is 3.04. The summed E-state index contributed by atoms with van der Waals surface area (Å²) in [7, 11) is 0. The Labute approximate surface area is 73.7 Å². The van der Waals surface area contributed by atoms with Gasteiger partial charge < -0.3 is 0 Å². The average Bonchev–Trinajstić information content (AvgIpc) is 2.04. The monoisotopic (exact) mass is 189 g/mol. The second-order valence-corrected chi connectivity index (χ2v) is 2.63. The van der Waals surface area contributed by atoms with E-state index in [9.17, 15) is 8.78 Å². The number of hydrogen-bond acceptors (Lipinski definition) is 1. The van der Waals surface area contributed by atoms with Gasteiger partial charge in [0.2, 0.25) is 0 Å². The zero-order chi connectivity index (χ0) is 9.14. The van der Waals surface area contributed by atoms with Crippen LogP contribution in [0.5, 0.6) is 0 Å². The molecule has 64 valence electrons. The molecule has 0 amide bonds. The van der Waals surface area contributed by atoms with Crippen LogP contribution in [0.2, 0.25) is 0 Å². The maximum atomic E-state index is 12.1. The third-order valence-corrected chi connectivity index (χ3v) is 1.54. The van der Waals surface area contributed by atoms with Crippen LogP contribution in [0.1, 0.15) is 17.7 Å². The van der Waals surface area contributed by atoms with Crippen LogP contribution in [0.3, 0.4) is 0 Å². The first-order chi connectivity index (χ1) is 5.61. The number of hydrogen-bond donors (Lipinski definition) is 0. The van der Waals surface area contributed by atoms with Crippen molar-refractivity contribution in [2.45, 2.75) is 6.43 Å². The topological polar surface area (TPSA) is 12.9 Å². The van der Waals surface area contributed by atoms with E-state index in [0.29, 0.717) is 5.56 Å². The molecule has 0 atom stereocenters. The van der Waals surface area contributed by atoms with Crippen molar-refractivity contribution >= 4 is 16.6 Å². The van der Waals surface area contributed by atoms with Gasteiger partial charge in [-0.3, -0.25) is 4.98 Å². The summed E-state index contributed by atoms with van der Waals surface area (Å²) in [6.45, 7) is 3.42. The van der Waals surface area contributed by atoms with Gasteiger partial charge in [0.15, 0.2) is 0 Å². The van der Waals surface area contributed by atoms with Crippen LogP contribution < -0.4 is 0 Å². The minimum Gasteiger partial charge on any atom is -0.255 e. The number of nitrogens with zero attached hydrogens (tertiary/aromatic N) is 1. The Morgan fingerprint density at radius 3 is 2.75 bits per heavy atom. The standard InChI is InChI=1S/C8H6ClF2N/c1-5(9)6-2-3-12-7(4-6)8(10)11/h2-4,8H,1H2. The predicted octanol–water partition coefficient (Wildman–Crippen LogP) is 3.23. The van der Waals surface area contributed by atoms with Crippen LogP contribution in [0.4, 0.5) is 8.78 Å². The van der Waals surface area contributed by atoms with Crippen LogP contribution in [-0.2, 0) is 0 Å². The molecule has 0 aliphatic rings. The van der Waals surface area contributed by atoms with Crippen LogP contribution >= 0.6 is 11.6 Å². The molecule has 4 heteroatoms. The third kappa shape index (κ3) is 2.01. The predicted molar refractivity (Wildman–Crippen MR) is 44.1 cm³/mol. The van der Waals surface area contributed by atoms with Gasteiger partial charge in [-0.25, -0.2) is 8.78 Å². The Bertz CT molecular complexity index is 299. The van der Waals surface area contributed by atoms with Crippen molar-refractivity contribution in [2.24, 2.45) is 0 Å². The van der Waals surface area contributed by atoms with Crippen LogP contribution in [0, 0.1) is 0 Å². The summed E-state index contributed by atoms with van der Waals surface area (Å²) in [4.78, 5) is 3.47. The van der Waals surface area contributed by atoms with Crippen LogP contribution in [-0.4, -0.2) is 4.98 Å². The van der Waals surface area contributed by atoms with Crippen LogP contribution in [0.15, 0.2) is 24.9 Å². The lowest BCUT2D eigenvalue weighted by molar-refractivity contribution is 0.146. The second-order valence-electron chi connectivity index (χ2n) is 2.17. The highest BCUT2D eigenvalue weighted by Gasteiger charge is 2.08. The van der Waals surface area contributed by atoms with Gasteiger partial charge in [-0.2, -0.15) is 0 Å². The Hall–Kier alpha value is -0.960. The molecular formula is C8H6ClF2N. The maximum Gasteiger partial charge on any atom is 0.280 e. The molecule has 0 aliphatic heterocycles. The van der Waals surface area contributed by atoms with E-state index in [1.807, 2.05) is 0 Å². The molecule has 0 radical (unpaired) electrons. The van der Waals surface area contributed by atoms with Gasteiger partial charge in [0, 0.05) is 11.2 Å². The van der Waals surface area contributed by atoms with Crippen molar-refractivity contribution in [2.75, 3.05) is 0 Å². The number of alkyl halides is 2. The van der Waals surface area contributed by atoms with E-state index in [-0.39, 0.29) is 10.7 Å². The summed E-state index contributed by atoms with van der Waals surface area (Å²) in [6.07, 6.45) is -1.29. The molecule has 1 rings (SSSR count). The summed E-state index contributed by atoms with van der Waals surface area (Å²) >= 11 is 5.51. The molecule has 0 aliphatic carbocycles. The zero-order valence-corrected chi connectivity index (χ0v) is 6.85. The second kappa shape index (κ2) is 3.63. The van der Waals surface area contributed by atoms with Gasteiger partial charge in [-0.15, -0.1) is 0 Å². The molecule has 0 saturated carbocycles. The number of rotatable bonds is 2. The Morgan fingerprint density at radius 1 is 1.58 bits per heavy atom. The van der Waals surface area contributed by atoms with Crippen molar-refractivity contribution in [1.29, 1.82) is 0 Å². The zero-order valence-electron chi connectivity index (χ0n) is 6.10. The molecule has 0 fully saturated rings. The molecule has 0 saturated heterocycles. The van der Waals surface area contributed by atoms with E-state index in [0.717, 1.165) is 0 Å². The molecule has 0 bridgehead atoms. The van der Waals surface area contributed by atoms with Gasteiger partial charge in [0.05, 0.1) is 0 Å². The fourth-order valence-electron chi connectivity index (χ4n) is 0.736. The number of halogens is 3. The fraction of sp³-hybridized carbons (Fsp3) is 0.125. The summed E-state index contributed by atoms with van der Waals surface area (Å²) in [5.74, 6) is 0. The summed E-state index contributed by atoms with van der Waals surface area (Å²) < 4.78 is 24.2. The number of aromatic nitrogens is 1. The van der Waals surface area contributed by atoms with Crippen molar-refractivity contribution in [3.05, 3.63) is 36.2 Å². The van der Waals surface area contributed by atoms with Gasteiger partial charge in [0.25, 0.3) is 6.43 Å². The lowest BCUT2D eigenvalue weighted by Crippen LogP contribution is -1.90. The van der Waals surface area contributed by atoms with E-state index < -0.39 is 6.43 Å². The largest absolute Gasteiger partial charge is 0.280 e. The van der Waals surface area contributed by atoms with E-state index in [2.05, 4.69) is 11.6 Å². The van der Waals surface area contributed by atoms with Gasteiger partial charge in [-0.1, -0.05) is 18.2 Å². The quantitative estimate of drug-likeness (QED) is 0.696. The third-order valence-electron chi connectivity index (χ3n) is 1.32. The van der Waals surface area contributed by atoms with Crippen LogP contribution in [0.25, 0.3) is 5.03 Å². The summed E-state index contributed by atoms with van der Waals surface area (Å²) in [5.41, 5.74) is 0.191. The van der Waals surface area contributed by atoms with Crippen molar-refractivity contribution in [3.63, 3.8) is 0 Å². The highest BCUT2D eigenvalue weighted by Crippen LogP contribution is 2.21. The molecule has 12 heavy (non-hydrogen) atoms. The highest BCUT2D eigenvalue weighted by atomic mass is 35.5. The van der Waals surface area contributed by atoms with E-state index in [4.69, 9.17) is 11.6 Å². The summed E-state index contributed by atoms with van der Waals surface area (Å²) in [6, 6.07) is 2.75. The van der Waals surface area contributed by atoms with Gasteiger partial charge in [0.1, 0.15) is 5.69 Å². The van der Waals surface area contributed by atoms with Gasteiger partial charge >= 0.3 is 0 Å². The first-order valence-corrected chi connectivity index (χ1v) is 3.58. The van der Waals surface area contributed by atoms with E-state index in [1.165, 1.54) is 18.3 Å². The summed E-state index contributed by atoms with van der Waals surface area (Å²) in [5, 5.41) is 0.235. The normalized spacial score (nSPS) is 10.3. The lowest BCUT2D eigenvalue weighted by atomic mass is 10.2. The molecular weight excluding hydrogens is 184 g/mol. The van der Waals surface area contributed by atoms with Crippen molar-refractivity contribution in [3.8, 4) is 0 Å². The minimum absolute atomic E-state index is 0.235. The Morgan fingerprint density at radius 2 is 2.25 bits per heavy atom. The van der Waals surface area contributed by atoms with Crippen molar-refractivity contribution < 1.29 is 8.78 Å². The maximum absolute atomic E-state index is 12.1. The molecule has 1 aromatic heterocycles. The molecule has 0 spiro atoms. The molecule has 0 unspecified atom stereocenters. The SMILES string of the molecule is C=C(Cl)c1ccnc(C(F)F)c1. The molecule has 0 N–H and O–H groups in total. The molecule has 1 aromatic rings. The first kappa shape index (κ1) is 9.13. The molecule has 1 heterocycles.